The molecule has 2 N–H and O–H groups in total. The average molecular weight is 189 g/mol. The van der Waals surface area contributed by atoms with E-state index in [0.29, 0.717) is 5.70 Å². The molecule has 0 aliphatic heterocycles. The molecule has 1 aliphatic rings. The van der Waals surface area contributed by atoms with E-state index in [-0.39, 0.29) is 18.0 Å². The summed E-state index contributed by atoms with van der Waals surface area (Å²) in [5.41, 5.74) is 2.23. The summed E-state index contributed by atoms with van der Waals surface area (Å²) in [6.07, 6.45) is 2.04. The molecule has 1 aromatic rings. The number of likely N-dealkylation sites (N-methyl/N-ethyl adjacent to an activating group) is 1. The molecule has 0 saturated carbocycles. The van der Waals surface area contributed by atoms with Gasteiger partial charge in [-0.25, -0.2) is 0 Å². The number of rotatable bonds is 1. The molecule has 1 aliphatic carbocycles. The fraction of sp³-hybridized carbons (Fsp3) is 0.182. The molecular weight excluding hydrogens is 178 g/mol. The predicted molar refractivity (Wildman–Crippen MR) is 53.9 cm³/mol. The van der Waals surface area contributed by atoms with Gasteiger partial charge in [0.05, 0.1) is 5.70 Å². The Labute approximate surface area is 82.1 Å². The molecule has 0 atom stereocenters. The highest BCUT2D eigenvalue weighted by molar-refractivity contribution is 6.03. The SMILES string of the molecule is CNC1=Cc2cccc(O)c2CC1=O. The maximum absolute atomic E-state index is 11.5. The van der Waals surface area contributed by atoms with E-state index in [2.05, 4.69) is 5.32 Å². The predicted octanol–water partition coefficient (Wildman–Crippen LogP) is 1.08. The zero-order valence-corrected chi connectivity index (χ0v) is 7.87. The van der Waals surface area contributed by atoms with E-state index in [1.807, 2.05) is 6.07 Å². The molecule has 0 spiro atoms. The minimum atomic E-state index is 0.0153. The highest BCUT2D eigenvalue weighted by Gasteiger charge is 2.19. The van der Waals surface area contributed by atoms with E-state index in [1.165, 1.54) is 0 Å². The van der Waals surface area contributed by atoms with Crippen LogP contribution in [0.2, 0.25) is 0 Å². The Hall–Kier alpha value is -1.77. The van der Waals surface area contributed by atoms with E-state index in [9.17, 15) is 9.90 Å². The van der Waals surface area contributed by atoms with E-state index in [0.717, 1.165) is 11.1 Å². The number of benzene rings is 1. The summed E-state index contributed by atoms with van der Waals surface area (Å²) in [6.45, 7) is 0. The monoisotopic (exact) mass is 189 g/mol. The van der Waals surface area contributed by atoms with Gasteiger partial charge in [0.1, 0.15) is 5.75 Å². The van der Waals surface area contributed by atoms with Crippen LogP contribution in [0.1, 0.15) is 11.1 Å². The molecular formula is C11H11NO2. The lowest BCUT2D eigenvalue weighted by molar-refractivity contribution is -0.115. The van der Waals surface area contributed by atoms with Crippen molar-refractivity contribution < 1.29 is 9.90 Å². The lowest BCUT2D eigenvalue weighted by Gasteiger charge is -2.15. The highest BCUT2D eigenvalue weighted by Crippen LogP contribution is 2.27. The van der Waals surface area contributed by atoms with Gasteiger partial charge in [-0.15, -0.1) is 0 Å². The topological polar surface area (TPSA) is 49.3 Å². The Morgan fingerprint density at radius 1 is 1.43 bits per heavy atom. The van der Waals surface area contributed by atoms with Crippen LogP contribution >= 0.6 is 0 Å². The van der Waals surface area contributed by atoms with Gasteiger partial charge in [0.25, 0.3) is 0 Å². The summed E-state index contributed by atoms with van der Waals surface area (Å²) >= 11 is 0. The summed E-state index contributed by atoms with van der Waals surface area (Å²) < 4.78 is 0. The van der Waals surface area contributed by atoms with Crippen molar-refractivity contribution in [3.63, 3.8) is 0 Å². The molecule has 0 radical (unpaired) electrons. The van der Waals surface area contributed by atoms with Crippen molar-refractivity contribution in [2.24, 2.45) is 0 Å². The fourth-order valence-electron chi connectivity index (χ4n) is 1.62. The van der Waals surface area contributed by atoms with Crippen molar-refractivity contribution in [2.45, 2.75) is 6.42 Å². The second-order valence-corrected chi connectivity index (χ2v) is 3.25. The summed E-state index contributed by atoms with van der Waals surface area (Å²) in [7, 11) is 1.72. The van der Waals surface area contributed by atoms with Gasteiger partial charge in [-0.1, -0.05) is 12.1 Å². The first-order chi connectivity index (χ1) is 6.72. The van der Waals surface area contributed by atoms with Crippen LogP contribution in [0.5, 0.6) is 5.75 Å². The van der Waals surface area contributed by atoms with Crippen LogP contribution in [0.4, 0.5) is 0 Å². The Morgan fingerprint density at radius 2 is 2.21 bits per heavy atom. The molecule has 3 nitrogen and oxygen atoms in total. The zero-order valence-electron chi connectivity index (χ0n) is 7.87. The largest absolute Gasteiger partial charge is 0.508 e. The molecule has 14 heavy (non-hydrogen) atoms. The number of carbonyl (C=O) groups is 1. The van der Waals surface area contributed by atoms with E-state index in [4.69, 9.17) is 0 Å². The summed E-state index contributed by atoms with van der Waals surface area (Å²) in [4.78, 5) is 11.5. The molecule has 1 aromatic carbocycles. The molecule has 0 aromatic heterocycles. The Balaban J connectivity index is 2.56. The van der Waals surface area contributed by atoms with Crippen LogP contribution in [-0.2, 0) is 11.2 Å². The highest BCUT2D eigenvalue weighted by atomic mass is 16.3. The number of allylic oxidation sites excluding steroid dienone is 1. The van der Waals surface area contributed by atoms with Crippen LogP contribution in [0.15, 0.2) is 23.9 Å². The first-order valence-corrected chi connectivity index (χ1v) is 4.46. The van der Waals surface area contributed by atoms with Crippen molar-refractivity contribution in [2.75, 3.05) is 7.05 Å². The standard InChI is InChI=1S/C11H11NO2/c1-12-9-5-7-3-2-4-10(13)8(7)6-11(9)14/h2-5,12-13H,6H2,1H3. The maximum atomic E-state index is 11.5. The van der Waals surface area contributed by atoms with Gasteiger partial charge in [0.15, 0.2) is 5.78 Å². The normalized spacial score (nSPS) is 14.6. The number of phenolic OH excluding ortho intramolecular Hbond substituents is 1. The van der Waals surface area contributed by atoms with Crippen LogP contribution in [0.3, 0.4) is 0 Å². The average Bonchev–Trinajstić information content (AvgIpc) is 2.19. The van der Waals surface area contributed by atoms with Gasteiger partial charge in [-0.05, 0) is 17.7 Å². The smallest absolute Gasteiger partial charge is 0.183 e. The third-order valence-corrected chi connectivity index (χ3v) is 2.39. The molecule has 0 unspecified atom stereocenters. The third kappa shape index (κ3) is 1.27. The number of ketones is 1. The fourth-order valence-corrected chi connectivity index (χ4v) is 1.62. The summed E-state index contributed by atoms with van der Waals surface area (Å²) in [5.74, 6) is 0.212. The van der Waals surface area contributed by atoms with Crippen molar-refractivity contribution in [1.29, 1.82) is 0 Å². The van der Waals surface area contributed by atoms with Crippen LogP contribution < -0.4 is 5.32 Å². The van der Waals surface area contributed by atoms with Gasteiger partial charge < -0.3 is 10.4 Å². The van der Waals surface area contributed by atoms with Crippen LogP contribution in [0.25, 0.3) is 6.08 Å². The Morgan fingerprint density at radius 3 is 2.93 bits per heavy atom. The number of Topliss-reactive ketones (excluding diaryl/α,β-unsaturated/α-hetero) is 1. The van der Waals surface area contributed by atoms with Crippen molar-refractivity contribution in [3.8, 4) is 5.75 Å². The van der Waals surface area contributed by atoms with Crippen molar-refractivity contribution in [1.82, 2.24) is 5.32 Å². The van der Waals surface area contributed by atoms with E-state index in [1.54, 1.807) is 25.3 Å². The lowest BCUT2D eigenvalue weighted by atomic mass is 9.94. The first kappa shape index (κ1) is 8.81. The lowest BCUT2D eigenvalue weighted by Crippen LogP contribution is -2.21. The molecule has 3 heteroatoms. The third-order valence-electron chi connectivity index (χ3n) is 2.39. The zero-order chi connectivity index (χ0) is 10.1. The number of carbonyl (C=O) groups excluding carboxylic acids is 1. The Kier molecular flexibility index (Phi) is 2.00. The number of fused-ring (bicyclic) bond motifs is 1. The van der Waals surface area contributed by atoms with Gasteiger partial charge in [-0.2, -0.15) is 0 Å². The van der Waals surface area contributed by atoms with Gasteiger partial charge in [0.2, 0.25) is 0 Å². The van der Waals surface area contributed by atoms with Crippen LogP contribution in [-0.4, -0.2) is 17.9 Å². The van der Waals surface area contributed by atoms with Crippen LogP contribution in [0, 0.1) is 0 Å². The molecule has 0 heterocycles. The quantitative estimate of drug-likeness (QED) is 0.695. The molecule has 0 bridgehead atoms. The minimum Gasteiger partial charge on any atom is -0.508 e. The van der Waals surface area contributed by atoms with E-state index < -0.39 is 0 Å². The molecule has 0 saturated heterocycles. The van der Waals surface area contributed by atoms with Gasteiger partial charge in [0, 0.05) is 19.0 Å². The number of hydrogen-bond donors (Lipinski definition) is 2. The molecule has 72 valence electrons. The summed E-state index contributed by atoms with van der Waals surface area (Å²) in [6, 6.07) is 5.26. The molecule has 0 fully saturated rings. The van der Waals surface area contributed by atoms with Gasteiger partial charge in [-0.3, -0.25) is 4.79 Å². The molecule has 2 rings (SSSR count). The number of phenols is 1. The number of aromatic hydroxyl groups is 1. The van der Waals surface area contributed by atoms with Crippen molar-refractivity contribution in [3.05, 3.63) is 35.0 Å². The minimum absolute atomic E-state index is 0.0153. The van der Waals surface area contributed by atoms with Crippen molar-refractivity contribution >= 4 is 11.9 Å². The molecule has 0 amide bonds. The second-order valence-electron chi connectivity index (χ2n) is 3.25. The maximum Gasteiger partial charge on any atom is 0.183 e. The van der Waals surface area contributed by atoms with Gasteiger partial charge >= 0.3 is 0 Å². The first-order valence-electron chi connectivity index (χ1n) is 4.46. The van der Waals surface area contributed by atoms with E-state index >= 15 is 0 Å². The number of nitrogens with one attached hydrogen (secondary N) is 1. The number of hydrogen-bond acceptors (Lipinski definition) is 3. The summed E-state index contributed by atoms with van der Waals surface area (Å²) in [5, 5.41) is 12.4. The second kappa shape index (κ2) is 3.18. The Bertz CT molecular complexity index is 421.